The number of ketones is 2. The topological polar surface area (TPSA) is 68.1 Å². The summed E-state index contributed by atoms with van der Waals surface area (Å²) in [6.07, 6.45) is 9.52. The molecule has 0 N–H and O–H groups in total. The van der Waals surface area contributed by atoms with Gasteiger partial charge >= 0.3 is 0 Å². The molecule has 0 spiro atoms. The summed E-state index contributed by atoms with van der Waals surface area (Å²) < 4.78 is 1.82. The van der Waals surface area contributed by atoms with Gasteiger partial charge in [0.1, 0.15) is 5.82 Å². The molecule has 6 nitrogen and oxygen atoms in total. The van der Waals surface area contributed by atoms with Crippen LogP contribution in [-0.2, 0) is 9.59 Å². The molecule has 1 aromatic carbocycles. The van der Waals surface area contributed by atoms with E-state index in [0.717, 1.165) is 41.4 Å². The van der Waals surface area contributed by atoms with Gasteiger partial charge in [-0.05, 0) is 74.9 Å². The molecule has 0 bridgehead atoms. The average molecular weight is 429 g/mol. The Morgan fingerprint density at radius 1 is 0.938 bits per heavy atom. The first kappa shape index (κ1) is 22.9. The summed E-state index contributed by atoms with van der Waals surface area (Å²) in [7, 11) is 0. The number of carbonyl (C=O) groups is 2. The fourth-order valence-corrected chi connectivity index (χ4v) is 3.31. The van der Waals surface area contributed by atoms with E-state index >= 15 is 0 Å². The van der Waals surface area contributed by atoms with Gasteiger partial charge in [0.15, 0.2) is 11.6 Å². The van der Waals surface area contributed by atoms with Crippen molar-refractivity contribution in [1.82, 2.24) is 14.8 Å². The maximum absolute atomic E-state index is 12.2. The number of hydrogen-bond acceptors (Lipinski definition) is 5. The van der Waals surface area contributed by atoms with Crippen molar-refractivity contribution >= 4 is 29.5 Å². The largest absolute Gasteiger partial charge is 0.357 e. The second-order valence-electron chi connectivity index (χ2n) is 7.33. The molecule has 0 aliphatic heterocycles. The lowest BCUT2D eigenvalue weighted by atomic mass is 10.1. The van der Waals surface area contributed by atoms with Crippen molar-refractivity contribution in [3.8, 4) is 5.69 Å². The molecule has 0 atom stereocenters. The maximum atomic E-state index is 12.2. The molecule has 2 aromatic heterocycles. The van der Waals surface area contributed by atoms with E-state index < -0.39 is 0 Å². The lowest BCUT2D eigenvalue weighted by Crippen LogP contribution is -2.22. The minimum atomic E-state index is -0.249. The minimum absolute atomic E-state index is 0.177. The second kappa shape index (κ2) is 11.0. The van der Waals surface area contributed by atoms with Crippen molar-refractivity contribution in [2.45, 2.75) is 27.2 Å². The van der Waals surface area contributed by atoms with Gasteiger partial charge in [0.25, 0.3) is 0 Å². The smallest absolute Gasteiger partial charge is 0.163 e. The zero-order chi connectivity index (χ0) is 22.9. The van der Waals surface area contributed by atoms with Crippen molar-refractivity contribution in [1.29, 1.82) is 0 Å². The van der Waals surface area contributed by atoms with Crippen LogP contribution in [0.1, 0.15) is 37.1 Å². The van der Waals surface area contributed by atoms with Gasteiger partial charge in [0.05, 0.1) is 18.3 Å². The van der Waals surface area contributed by atoms with Gasteiger partial charge < -0.3 is 4.90 Å². The van der Waals surface area contributed by atoms with E-state index in [4.69, 9.17) is 0 Å². The Bertz CT molecular complexity index is 1110. The van der Waals surface area contributed by atoms with Gasteiger partial charge in [-0.15, -0.1) is 0 Å². The summed E-state index contributed by atoms with van der Waals surface area (Å²) in [6, 6.07) is 13.6. The third-order valence-corrected chi connectivity index (χ3v) is 5.17. The van der Waals surface area contributed by atoms with Crippen molar-refractivity contribution < 1.29 is 9.59 Å². The lowest BCUT2D eigenvalue weighted by Gasteiger charge is -2.19. The first-order chi connectivity index (χ1) is 15.5. The highest BCUT2D eigenvalue weighted by Crippen LogP contribution is 2.15. The summed E-state index contributed by atoms with van der Waals surface area (Å²) in [6.45, 7) is 7.88. The van der Waals surface area contributed by atoms with Gasteiger partial charge in [-0.25, -0.2) is 9.67 Å². The van der Waals surface area contributed by atoms with E-state index in [-0.39, 0.29) is 18.0 Å². The van der Waals surface area contributed by atoms with Crippen molar-refractivity contribution in [3.63, 3.8) is 0 Å². The van der Waals surface area contributed by atoms with E-state index in [1.807, 2.05) is 54.1 Å². The third kappa shape index (κ3) is 5.88. The van der Waals surface area contributed by atoms with Gasteiger partial charge in [0.2, 0.25) is 0 Å². The SMILES string of the molecule is CCN(CC)c1ccc(/C=C/C(=O)CC(=O)/C=C/c2cnn(-c3ccccc3)c2C)cn1. The molecule has 32 heavy (non-hydrogen) atoms. The number of benzene rings is 1. The quantitative estimate of drug-likeness (QED) is 0.347. The molecule has 0 unspecified atom stereocenters. The molecule has 0 fully saturated rings. The molecule has 0 saturated heterocycles. The van der Waals surface area contributed by atoms with Gasteiger partial charge in [-0.1, -0.05) is 18.2 Å². The molecule has 0 aliphatic carbocycles. The number of allylic oxidation sites excluding steroid dienone is 2. The van der Waals surface area contributed by atoms with Crippen molar-refractivity contribution in [3.05, 3.63) is 83.8 Å². The fraction of sp³-hybridized carbons (Fsp3) is 0.231. The number of aromatic nitrogens is 3. The van der Waals surface area contributed by atoms with Crippen LogP contribution in [0.25, 0.3) is 17.8 Å². The molecule has 3 rings (SSSR count). The zero-order valence-corrected chi connectivity index (χ0v) is 18.7. The van der Waals surface area contributed by atoms with E-state index in [1.165, 1.54) is 12.2 Å². The average Bonchev–Trinajstić information content (AvgIpc) is 3.18. The molecule has 2 heterocycles. The molecule has 0 amide bonds. The van der Waals surface area contributed by atoms with Gasteiger partial charge in [0, 0.05) is 30.5 Å². The van der Waals surface area contributed by atoms with Crippen LogP contribution in [0.15, 0.2) is 67.0 Å². The van der Waals surface area contributed by atoms with Crippen LogP contribution in [-0.4, -0.2) is 39.4 Å². The Morgan fingerprint density at radius 3 is 2.25 bits per heavy atom. The van der Waals surface area contributed by atoms with Crippen LogP contribution in [0.5, 0.6) is 0 Å². The van der Waals surface area contributed by atoms with Crippen molar-refractivity contribution in [2.24, 2.45) is 0 Å². The fourth-order valence-electron chi connectivity index (χ4n) is 3.31. The first-order valence-corrected chi connectivity index (χ1v) is 10.7. The number of para-hydroxylation sites is 1. The van der Waals surface area contributed by atoms with Crippen LogP contribution >= 0.6 is 0 Å². The monoisotopic (exact) mass is 428 g/mol. The molecule has 0 radical (unpaired) electrons. The van der Waals surface area contributed by atoms with E-state index in [0.29, 0.717) is 0 Å². The van der Waals surface area contributed by atoms with Crippen LogP contribution in [0.4, 0.5) is 5.82 Å². The van der Waals surface area contributed by atoms with Gasteiger partial charge in [-0.3, -0.25) is 9.59 Å². The molecule has 164 valence electrons. The summed E-state index contributed by atoms with van der Waals surface area (Å²) >= 11 is 0. The standard InChI is InChI=1S/C26H28N4O2/c1-4-29(5-2)26-16-12-21(18-27-26)11-14-24(31)17-25(32)15-13-22-19-28-30(20(22)3)23-9-7-6-8-10-23/h6-16,18-19H,4-5,17H2,1-3H3/b14-11+,15-13+. The van der Waals surface area contributed by atoms with Crippen LogP contribution in [0, 0.1) is 6.92 Å². The van der Waals surface area contributed by atoms with Crippen LogP contribution < -0.4 is 4.90 Å². The van der Waals surface area contributed by atoms with Crippen LogP contribution in [0.3, 0.4) is 0 Å². The first-order valence-electron chi connectivity index (χ1n) is 10.7. The summed E-state index contributed by atoms with van der Waals surface area (Å²) in [5, 5.41) is 4.38. The number of hydrogen-bond donors (Lipinski definition) is 0. The minimum Gasteiger partial charge on any atom is -0.357 e. The third-order valence-electron chi connectivity index (χ3n) is 5.17. The van der Waals surface area contributed by atoms with Gasteiger partial charge in [-0.2, -0.15) is 5.10 Å². The zero-order valence-electron chi connectivity index (χ0n) is 18.7. The maximum Gasteiger partial charge on any atom is 0.163 e. The number of rotatable bonds is 10. The number of nitrogens with zero attached hydrogens (tertiary/aromatic N) is 4. The highest BCUT2D eigenvalue weighted by molar-refractivity contribution is 6.10. The Kier molecular flexibility index (Phi) is 7.86. The van der Waals surface area contributed by atoms with E-state index in [2.05, 4.69) is 28.8 Å². The van der Waals surface area contributed by atoms with E-state index in [9.17, 15) is 9.59 Å². The predicted molar refractivity (Wildman–Crippen MR) is 129 cm³/mol. The number of pyridine rings is 1. The molecule has 0 aliphatic rings. The normalized spacial score (nSPS) is 11.3. The highest BCUT2D eigenvalue weighted by atomic mass is 16.1. The molecular formula is C26H28N4O2. The Balaban J connectivity index is 1.56. The lowest BCUT2D eigenvalue weighted by molar-refractivity contribution is -0.121. The Hall–Kier alpha value is -3.80. The van der Waals surface area contributed by atoms with Crippen molar-refractivity contribution in [2.75, 3.05) is 18.0 Å². The number of anilines is 1. The van der Waals surface area contributed by atoms with E-state index in [1.54, 1.807) is 24.5 Å². The molecular weight excluding hydrogens is 400 g/mol. The number of carbonyl (C=O) groups excluding carboxylic acids is 2. The summed E-state index contributed by atoms with van der Waals surface area (Å²) in [4.78, 5) is 31.0. The highest BCUT2D eigenvalue weighted by Gasteiger charge is 2.08. The summed E-state index contributed by atoms with van der Waals surface area (Å²) in [5.41, 5.74) is 3.54. The Labute approximate surface area is 188 Å². The second-order valence-corrected chi connectivity index (χ2v) is 7.33. The molecule has 0 saturated carbocycles. The predicted octanol–water partition coefficient (Wildman–Crippen LogP) is 4.68. The molecule has 6 heteroatoms. The Morgan fingerprint density at radius 2 is 1.62 bits per heavy atom. The summed E-state index contributed by atoms with van der Waals surface area (Å²) in [5.74, 6) is 0.412. The molecule has 3 aromatic rings. The van der Waals surface area contributed by atoms with Crippen LogP contribution in [0.2, 0.25) is 0 Å².